The second kappa shape index (κ2) is 5.56. The minimum Gasteiger partial charge on any atom is -0.306 e. The topological polar surface area (TPSA) is 59.1 Å². The molecule has 1 amide bonds. The molecule has 1 N–H and O–H groups in total. The number of carbonyl (C=O) groups is 2. The van der Waals surface area contributed by atoms with Crippen LogP contribution in [0.1, 0.15) is 27.6 Å². The van der Waals surface area contributed by atoms with Crippen LogP contribution < -0.4 is 5.32 Å². The van der Waals surface area contributed by atoms with Crippen LogP contribution in [-0.4, -0.2) is 16.7 Å². The molecule has 0 bridgehead atoms. The maximum absolute atomic E-state index is 13.4. The fraction of sp³-hybridized carbons (Fsp3) is 0.0714. The highest BCUT2D eigenvalue weighted by atomic mass is 19.1. The molecule has 1 heterocycles. The second-order valence-corrected chi connectivity index (χ2v) is 4.07. The Labute approximate surface area is 113 Å². The van der Waals surface area contributed by atoms with E-state index in [0.717, 1.165) is 12.1 Å². The van der Waals surface area contributed by atoms with Gasteiger partial charge < -0.3 is 5.32 Å². The third-order valence-corrected chi connectivity index (χ3v) is 2.59. The highest BCUT2D eigenvalue weighted by Crippen LogP contribution is 2.12. The molecule has 0 radical (unpaired) electrons. The van der Waals surface area contributed by atoms with E-state index in [1.54, 1.807) is 0 Å². The van der Waals surface area contributed by atoms with Crippen molar-refractivity contribution in [3.8, 4) is 0 Å². The van der Waals surface area contributed by atoms with Crippen molar-refractivity contribution in [1.82, 2.24) is 4.98 Å². The fourth-order valence-electron chi connectivity index (χ4n) is 1.53. The van der Waals surface area contributed by atoms with Gasteiger partial charge in [0.05, 0.1) is 5.56 Å². The van der Waals surface area contributed by atoms with E-state index < -0.39 is 17.5 Å². The predicted molar refractivity (Wildman–Crippen MR) is 68.6 cm³/mol. The molecule has 0 unspecified atom stereocenters. The van der Waals surface area contributed by atoms with Gasteiger partial charge >= 0.3 is 0 Å². The zero-order valence-electron chi connectivity index (χ0n) is 10.5. The second-order valence-electron chi connectivity index (χ2n) is 4.07. The smallest absolute Gasteiger partial charge is 0.259 e. The van der Waals surface area contributed by atoms with Crippen LogP contribution in [0.4, 0.5) is 14.6 Å². The van der Waals surface area contributed by atoms with Crippen molar-refractivity contribution in [2.45, 2.75) is 6.92 Å². The van der Waals surface area contributed by atoms with Gasteiger partial charge in [-0.3, -0.25) is 9.59 Å². The van der Waals surface area contributed by atoms with Crippen LogP contribution in [0.15, 0.2) is 36.5 Å². The van der Waals surface area contributed by atoms with Crippen LogP contribution in [-0.2, 0) is 0 Å². The van der Waals surface area contributed by atoms with Crippen LogP contribution in [0.5, 0.6) is 0 Å². The number of hydrogen-bond acceptors (Lipinski definition) is 3. The van der Waals surface area contributed by atoms with Crippen molar-refractivity contribution in [3.63, 3.8) is 0 Å². The third kappa shape index (κ3) is 3.03. The number of rotatable bonds is 3. The van der Waals surface area contributed by atoms with Crippen LogP contribution in [0.2, 0.25) is 0 Å². The van der Waals surface area contributed by atoms with Gasteiger partial charge in [-0.05, 0) is 31.2 Å². The first-order chi connectivity index (χ1) is 9.47. The van der Waals surface area contributed by atoms with Crippen LogP contribution in [0.3, 0.4) is 0 Å². The van der Waals surface area contributed by atoms with Crippen molar-refractivity contribution < 1.29 is 18.4 Å². The van der Waals surface area contributed by atoms with Gasteiger partial charge in [-0.2, -0.15) is 0 Å². The zero-order chi connectivity index (χ0) is 14.7. The monoisotopic (exact) mass is 276 g/mol. The lowest BCUT2D eigenvalue weighted by atomic mass is 10.2. The summed E-state index contributed by atoms with van der Waals surface area (Å²) in [6.07, 6.45) is 1.30. The Bertz CT molecular complexity index is 669. The number of carbonyl (C=O) groups excluding carboxylic acids is 2. The molecular formula is C14H10F2N2O2. The Balaban J connectivity index is 2.17. The summed E-state index contributed by atoms with van der Waals surface area (Å²) in [7, 11) is 0. The zero-order valence-corrected chi connectivity index (χ0v) is 10.5. The van der Waals surface area contributed by atoms with Gasteiger partial charge in [0.15, 0.2) is 5.78 Å². The number of ketones is 1. The lowest BCUT2D eigenvalue weighted by molar-refractivity contribution is 0.101. The largest absolute Gasteiger partial charge is 0.306 e. The first kappa shape index (κ1) is 13.8. The number of nitrogens with one attached hydrogen (secondary N) is 1. The van der Waals surface area contributed by atoms with Crippen molar-refractivity contribution >= 4 is 17.5 Å². The van der Waals surface area contributed by atoms with Crippen LogP contribution in [0.25, 0.3) is 0 Å². The Hall–Kier alpha value is -2.63. The summed E-state index contributed by atoms with van der Waals surface area (Å²) in [5.74, 6) is -2.44. The molecule has 4 nitrogen and oxygen atoms in total. The molecule has 0 saturated heterocycles. The lowest BCUT2D eigenvalue weighted by Gasteiger charge is -2.05. The molecule has 1 aromatic heterocycles. The highest BCUT2D eigenvalue weighted by Gasteiger charge is 2.13. The molecule has 0 aliphatic carbocycles. The van der Waals surface area contributed by atoms with Gasteiger partial charge in [0.1, 0.15) is 17.5 Å². The van der Waals surface area contributed by atoms with Gasteiger partial charge in [0.2, 0.25) is 0 Å². The summed E-state index contributed by atoms with van der Waals surface area (Å²) in [5, 5.41) is 2.36. The standard InChI is InChI=1S/C14H10F2N2O2/c1-8(19)9-2-5-13(17-7-9)18-14(20)11-4-3-10(15)6-12(11)16/h2-7H,1H3,(H,17,18,20). The number of anilines is 1. The van der Waals surface area contributed by atoms with E-state index in [1.165, 1.54) is 25.3 Å². The third-order valence-electron chi connectivity index (χ3n) is 2.59. The van der Waals surface area contributed by atoms with E-state index >= 15 is 0 Å². The van der Waals surface area contributed by atoms with Crippen molar-refractivity contribution in [1.29, 1.82) is 0 Å². The number of pyridine rings is 1. The lowest BCUT2D eigenvalue weighted by Crippen LogP contribution is -2.15. The van der Waals surface area contributed by atoms with E-state index in [0.29, 0.717) is 11.6 Å². The number of aromatic nitrogens is 1. The number of nitrogens with zero attached hydrogens (tertiary/aromatic N) is 1. The van der Waals surface area contributed by atoms with Crippen molar-refractivity contribution in [2.75, 3.05) is 5.32 Å². The number of hydrogen-bond donors (Lipinski definition) is 1. The van der Waals surface area contributed by atoms with Gasteiger partial charge in [0.25, 0.3) is 5.91 Å². The van der Waals surface area contributed by atoms with Gasteiger partial charge in [-0.25, -0.2) is 13.8 Å². The number of halogens is 2. The SMILES string of the molecule is CC(=O)c1ccc(NC(=O)c2ccc(F)cc2F)nc1. The Morgan fingerprint density at radius 1 is 1.15 bits per heavy atom. The van der Waals surface area contributed by atoms with E-state index in [2.05, 4.69) is 10.3 Å². The van der Waals surface area contributed by atoms with E-state index in [-0.39, 0.29) is 17.2 Å². The van der Waals surface area contributed by atoms with Crippen LogP contribution >= 0.6 is 0 Å². The quantitative estimate of drug-likeness (QED) is 0.877. The van der Waals surface area contributed by atoms with E-state index in [1.807, 2.05) is 0 Å². The van der Waals surface area contributed by atoms with Gasteiger partial charge in [-0.1, -0.05) is 0 Å². The van der Waals surface area contributed by atoms with E-state index in [4.69, 9.17) is 0 Å². The maximum atomic E-state index is 13.4. The molecule has 2 rings (SSSR count). The minimum atomic E-state index is -0.956. The number of benzene rings is 1. The minimum absolute atomic E-state index is 0.153. The Morgan fingerprint density at radius 3 is 2.45 bits per heavy atom. The molecule has 0 fully saturated rings. The first-order valence-electron chi connectivity index (χ1n) is 5.71. The molecule has 102 valence electrons. The summed E-state index contributed by atoms with van der Waals surface area (Å²) in [6.45, 7) is 1.39. The maximum Gasteiger partial charge on any atom is 0.259 e. The molecule has 2 aromatic rings. The average Bonchev–Trinajstić information content (AvgIpc) is 2.39. The van der Waals surface area contributed by atoms with Crippen molar-refractivity contribution in [3.05, 3.63) is 59.3 Å². The summed E-state index contributed by atoms with van der Waals surface area (Å²) in [5.41, 5.74) is 0.111. The first-order valence-corrected chi connectivity index (χ1v) is 5.71. The molecule has 0 aliphatic heterocycles. The molecule has 1 aromatic carbocycles. The normalized spacial score (nSPS) is 10.2. The highest BCUT2D eigenvalue weighted by molar-refractivity contribution is 6.04. The summed E-state index contributed by atoms with van der Waals surface area (Å²) in [4.78, 5) is 26.7. The average molecular weight is 276 g/mol. The predicted octanol–water partition coefficient (Wildman–Crippen LogP) is 2.81. The molecule has 0 atom stereocenters. The van der Waals surface area contributed by atoms with Gasteiger partial charge in [-0.15, -0.1) is 0 Å². The van der Waals surface area contributed by atoms with Crippen molar-refractivity contribution in [2.24, 2.45) is 0 Å². The number of amides is 1. The Kier molecular flexibility index (Phi) is 3.84. The molecule has 0 spiro atoms. The summed E-state index contributed by atoms with van der Waals surface area (Å²) >= 11 is 0. The Morgan fingerprint density at radius 2 is 1.90 bits per heavy atom. The molecule has 0 saturated carbocycles. The molecular weight excluding hydrogens is 266 g/mol. The number of Topliss-reactive ketones (excluding diaryl/α,β-unsaturated/α-hetero) is 1. The molecule has 0 aliphatic rings. The summed E-state index contributed by atoms with van der Waals surface area (Å²) in [6, 6.07) is 5.58. The molecule has 6 heteroatoms. The van der Waals surface area contributed by atoms with E-state index in [9.17, 15) is 18.4 Å². The van der Waals surface area contributed by atoms with Crippen LogP contribution in [0, 0.1) is 11.6 Å². The van der Waals surface area contributed by atoms with Gasteiger partial charge in [0, 0.05) is 17.8 Å². The molecule has 20 heavy (non-hydrogen) atoms. The summed E-state index contributed by atoms with van der Waals surface area (Å²) < 4.78 is 26.1. The fourth-order valence-corrected chi connectivity index (χ4v) is 1.53.